The van der Waals surface area contributed by atoms with Gasteiger partial charge in [-0.1, -0.05) is 23.7 Å². The molecule has 5 nitrogen and oxygen atoms in total. The Morgan fingerprint density at radius 2 is 1.88 bits per heavy atom. The molecule has 0 N–H and O–H groups in total. The van der Waals surface area contributed by atoms with Crippen LogP contribution in [0.25, 0.3) is 21.3 Å². The molecule has 24 heavy (non-hydrogen) atoms. The van der Waals surface area contributed by atoms with Gasteiger partial charge in [0.15, 0.2) is 0 Å². The summed E-state index contributed by atoms with van der Waals surface area (Å²) in [7, 11) is 5.36. The number of benzene rings is 1. The fourth-order valence-electron chi connectivity index (χ4n) is 2.41. The Kier molecular flexibility index (Phi) is 4.69. The molecule has 3 rings (SSSR count). The number of hydrogen-bond acceptors (Lipinski definition) is 5. The molecule has 2 heterocycles. The van der Waals surface area contributed by atoms with Crippen LogP contribution in [-0.2, 0) is 4.79 Å². The van der Waals surface area contributed by atoms with Crippen LogP contribution < -0.4 is 4.90 Å². The minimum absolute atomic E-state index is 0.0209. The van der Waals surface area contributed by atoms with E-state index in [1.54, 1.807) is 30.3 Å². The van der Waals surface area contributed by atoms with Gasteiger partial charge in [0.1, 0.15) is 17.0 Å². The molecule has 0 unspecified atom stereocenters. The molecule has 0 bridgehead atoms. The number of nitrogens with zero attached hydrogens (tertiary/aromatic N) is 4. The Balaban J connectivity index is 2.07. The summed E-state index contributed by atoms with van der Waals surface area (Å²) >= 11 is 7.55. The highest BCUT2D eigenvalue weighted by atomic mass is 35.5. The summed E-state index contributed by atoms with van der Waals surface area (Å²) in [5.74, 6) is 0.772. The number of carbonyl (C=O) groups is 1. The molecule has 1 aromatic carbocycles. The van der Waals surface area contributed by atoms with Crippen molar-refractivity contribution in [2.75, 3.05) is 32.6 Å². The highest BCUT2D eigenvalue weighted by molar-refractivity contribution is 7.17. The second-order valence-corrected chi connectivity index (χ2v) is 6.97. The standard InChI is InChI=1S/C17H17ClN4OS/c1-21(2)14(23)8-22(3)16-15-13(9-24-17(15)20-10-19-16)11-4-6-12(18)7-5-11/h4-7,9-10H,8H2,1-3H3. The third-order valence-electron chi connectivity index (χ3n) is 3.74. The predicted molar refractivity (Wildman–Crippen MR) is 99.8 cm³/mol. The van der Waals surface area contributed by atoms with Crippen LogP contribution in [0.15, 0.2) is 36.0 Å². The number of fused-ring (bicyclic) bond motifs is 1. The number of likely N-dealkylation sites (N-methyl/N-ethyl adjacent to an activating group) is 2. The first-order valence-corrected chi connectivity index (χ1v) is 8.62. The molecule has 3 aromatic rings. The molecule has 0 saturated carbocycles. The van der Waals surface area contributed by atoms with E-state index in [2.05, 4.69) is 15.3 Å². The number of anilines is 1. The van der Waals surface area contributed by atoms with Gasteiger partial charge in [0.2, 0.25) is 5.91 Å². The maximum Gasteiger partial charge on any atom is 0.241 e. The summed E-state index contributed by atoms with van der Waals surface area (Å²) in [5, 5.41) is 3.72. The Morgan fingerprint density at radius 1 is 1.17 bits per heavy atom. The van der Waals surface area contributed by atoms with E-state index in [-0.39, 0.29) is 12.5 Å². The predicted octanol–water partition coefficient (Wildman–Crippen LogP) is 3.54. The molecular weight excluding hydrogens is 344 g/mol. The van der Waals surface area contributed by atoms with Gasteiger partial charge in [0, 0.05) is 37.1 Å². The van der Waals surface area contributed by atoms with Gasteiger partial charge in [-0.25, -0.2) is 9.97 Å². The monoisotopic (exact) mass is 360 g/mol. The average Bonchev–Trinajstić information content (AvgIpc) is 2.99. The SMILES string of the molecule is CN(C)C(=O)CN(C)c1ncnc2scc(-c3ccc(Cl)cc3)c12. The van der Waals surface area contributed by atoms with Gasteiger partial charge in [-0.15, -0.1) is 11.3 Å². The van der Waals surface area contributed by atoms with Crippen molar-refractivity contribution in [3.63, 3.8) is 0 Å². The molecule has 1 amide bonds. The van der Waals surface area contributed by atoms with Crippen molar-refractivity contribution in [3.05, 3.63) is 41.0 Å². The van der Waals surface area contributed by atoms with Gasteiger partial charge < -0.3 is 9.80 Å². The van der Waals surface area contributed by atoms with Crippen LogP contribution in [0, 0.1) is 0 Å². The molecule has 7 heteroatoms. The maximum absolute atomic E-state index is 12.0. The van der Waals surface area contributed by atoms with E-state index < -0.39 is 0 Å². The van der Waals surface area contributed by atoms with Gasteiger partial charge in [-0.05, 0) is 17.7 Å². The minimum Gasteiger partial charge on any atom is -0.350 e. The third kappa shape index (κ3) is 3.20. The second kappa shape index (κ2) is 6.75. The van der Waals surface area contributed by atoms with Gasteiger partial charge in [-0.2, -0.15) is 0 Å². The quantitative estimate of drug-likeness (QED) is 0.714. The molecule has 0 radical (unpaired) electrons. The molecule has 0 spiro atoms. The van der Waals surface area contributed by atoms with Crippen LogP contribution in [0.5, 0.6) is 0 Å². The largest absolute Gasteiger partial charge is 0.350 e. The van der Waals surface area contributed by atoms with Crippen LogP contribution >= 0.6 is 22.9 Å². The summed E-state index contributed by atoms with van der Waals surface area (Å²) in [4.78, 5) is 25.1. The normalized spacial score (nSPS) is 10.8. The first kappa shape index (κ1) is 16.7. The lowest BCUT2D eigenvalue weighted by Gasteiger charge is -2.21. The smallest absolute Gasteiger partial charge is 0.241 e. The minimum atomic E-state index is 0.0209. The van der Waals surface area contributed by atoms with Crippen molar-refractivity contribution in [3.8, 4) is 11.1 Å². The van der Waals surface area contributed by atoms with Crippen molar-refractivity contribution in [2.45, 2.75) is 0 Å². The van der Waals surface area contributed by atoms with E-state index in [4.69, 9.17) is 11.6 Å². The van der Waals surface area contributed by atoms with Gasteiger partial charge in [0.05, 0.1) is 11.9 Å². The van der Waals surface area contributed by atoms with Crippen molar-refractivity contribution in [1.82, 2.24) is 14.9 Å². The molecule has 0 fully saturated rings. The number of aromatic nitrogens is 2. The number of rotatable bonds is 4. The summed E-state index contributed by atoms with van der Waals surface area (Å²) in [6.45, 7) is 0.259. The number of carbonyl (C=O) groups excluding carboxylic acids is 1. The van der Waals surface area contributed by atoms with Crippen molar-refractivity contribution in [1.29, 1.82) is 0 Å². The molecular formula is C17H17ClN4OS. The van der Waals surface area contributed by atoms with Crippen molar-refractivity contribution < 1.29 is 4.79 Å². The Morgan fingerprint density at radius 3 is 2.54 bits per heavy atom. The summed E-state index contributed by atoms with van der Waals surface area (Å²) in [6.07, 6.45) is 1.54. The molecule has 0 aliphatic rings. The Bertz CT molecular complexity index is 876. The van der Waals surface area contributed by atoms with Gasteiger partial charge >= 0.3 is 0 Å². The zero-order valence-electron chi connectivity index (χ0n) is 13.7. The zero-order chi connectivity index (χ0) is 17.3. The zero-order valence-corrected chi connectivity index (χ0v) is 15.2. The lowest BCUT2D eigenvalue weighted by molar-refractivity contribution is -0.127. The Hall–Kier alpha value is -2.18. The van der Waals surface area contributed by atoms with E-state index in [1.807, 2.05) is 36.2 Å². The fourth-order valence-corrected chi connectivity index (χ4v) is 3.45. The van der Waals surface area contributed by atoms with Gasteiger partial charge in [0.25, 0.3) is 0 Å². The summed E-state index contributed by atoms with van der Waals surface area (Å²) < 4.78 is 0. The fraction of sp³-hybridized carbons (Fsp3) is 0.235. The van der Waals surface area contributed by atoms with Crippen molar-refractivity contribution >= 4 is 44.9 Å². The van der Waals surface area contributed by atoms with Gasteiger partial charge in [-0.3, -0.25) is 4.79 Å². The number of halogens is 1. The van der Waals surface area contributed by atoms with Crippen LogP contribution in [0.4, 0.5) is 5.82 Å². The third-order valence-corrected chi connectivity index (χ3v) is 4.88. The topological polar surface area (TPSA) is 49.3 Å². The molecule has 0 aliphatic heterocycles. The lowest BCUT2D eigenvalue weighted by atomic mass is 10.1. The van der Waals surface area contributed by atoms with E-state index in [9.17, 15) is 4.79 Å². The first-order chi connectivity index (χ1) is 11.5. The maximum atomic E-state index is 12.0. The van der Waals surface area contributed by atoms with E-state index >= 15 is 0 Å². The van der Waals surface area contributed by atoms with Crippen molar-refractivity contribution in [2.24, 2.45) is 0 Å². The highest BCUT2D eigenvalue weighted by Gasteiger charge is 2.18. The average molecular weight is 361 g/mol. The summed E-state index contributed by atoms with van der Waals surface area (Å²) in [5.41, 5.74) is 2.10. The second-order valence-electron chi connectivity index (χ2n) is 5.68. The van der Waals surface area contributed by atoms with Crippen LogP contribution in [-0.4, -0.2) is 48.5 Å². The number of amides is 1. The molecule has 0 aliphatic carbocycles. The Labute approximate surface area is 149 Å². The molecule has 0 atom stereocenters. The van der Waals surface area contributed by atoms with E-state index in [0.29, 0.717) is 5.02 Å². The molecule has 124 valence electrons. The highest BCUT2D eigenvalue weighted by Crippen LogP contribution is 2.37. The van der Waals surface area contributed by atoms with E-state index in [0.717, 1.165) is 27.2 Å². The van der Waals surface area contributed by atoms with Crippen LogP contribution in [0.2, 0.25) is 5.02 Å². The van der Waals surface area contributed by atoms with E-state index in [1.165, 1.54) is 6.33 Å². The van der Waals surface area contributed by atoms with Crippen LogP contribution in [0.1, 0.15) is 0 Å². The molecule has 2 aromatic heterocycles. The summed E-state index contributed by atoms with van der Waals surface area (Å²) in [6, 6.07) is 7.68. The molecule has 0 saturated heterocycles. The number of hydrogen-bond donors (Lipinski definition) is 0. The lowest BCUT2D eigenvalue weighted by Crippen LogP contribution is -2.34. The first-order valence-electron chi connectivity index (χ1n) is 7.37. The number of thiophene rings is 1. The van der Waals surface area contributed by atoms with Crippen LogP contribution in [0.3, 0.4) is 0 Å².